The molecule has 1 unspecified atom stereocenters. The lowest BCUT2D eigenvalue weighted by molar-refractivity contribution is -0.304. The smallest absolute Gasteiger partial charge is 0.453 e. The maximum Gasteiger partial charge on any atom is 0.453 e. The number of hydrogen-bond donors (Lipinski definition) is 0. The third-order valence-corrected chi connectivity index (χ3v) is 3.45. The van der Waals surface area contributed by atoms with Crippen molar-refractivity contribution >= 4 is 5.97 Å². The summed E-state index contributed by atoms with van der Waals surface area (Å²) in [5, 5.41) is 7.20. The van der Waals surface area contributed by atoms with E-state index in [-0.39, 0.29) is 17.9 Å². The van der Waals surface area contributed by atoms with Crippen molar-refractivity contribution in [3.63, 3.8) is 0 Å². The van der Waals surface area contributed by atoms with Gasteiger partial charge in [-0.25, -0.2) is 9.48 Å². The topological polar surface area (TPSA) is 57.0 Å². The molecule has 0 fully saturated rings. The third-order valence-electron chi connectivity index (χ3n) is 3.45. The fourth-order valence-electron chi connectivity index (χ4n) is 2.35. The molecule has 0 aliphatic carbocycles. The molecule has 0 saturated heterocycles. The van der Waals surface area contributed by atoms with E-state index >= 15 is 0 Å². The summed E-state index contributed by atoms with van der Waals surface area (Å²) in [6.07, 6.45) is -6.69. The van der Waals surface area contributed by atoms with Crippen LogP contribution < -0.4 is 0 Å². The molecule has 0 amide bonds. The molecule has 23 heavy (non-hydrogen) atoms. The van der Waals surface area contributed by atoms with E-state index in [1.165, 1.54) is 4.68 Å². The van der Waals surface area contributed by atoms with Crippen LogP contribution in [0.15, 0.2) is 0 Å². The fourth-order valence-corrected chi connectivity index (χ4v) is 2.35. The van der Waals surface area contributed by atoms with E-state index in [2.05, 4.69) is 10.3 Å². The van der Waals surface area contributed by atoms with Crippen molar-refractivity contribution in [3.05, 3.63) is 11.4 Å². The number of aryl methyl sites for hydroxylation is 1. The second kappa shape index (κ2) is 5.41. The standard InChI is InChI=1S/C13H16F5N3O2/c1-11(2,3)23-10(22)9-8-6-7(4-5-21(8)20-19-9)12(14,15)13(16,17)18/h7H,4-6H2,1-3H3. The summed E-state index contributed by atoms with van der Waals surface area (Å²) < 4.78 is 70.9. The van der Waals surface area contributed by atoms with Gasteiger partial charge < -0.3 is 4.74 Å². The molecule has 2 heterocycles. The molecule has 0 saturated carbocycles. The van der Waals surface area contributed by atoms with E-state index in [4.69, 9.17) is 4.74 Å². The summed E-state index contributed by atoms with van der Waals surface area (Å²) in [7, 11) is 0. The van der Waals surface area contributed by atoms with Gasteiger partial charge in [0, 0.05) is 18.9 Å². The Balaban J connectivity index is 2.27. The third kappa shape index (κ3) is 3.45. The zero-order valence-corrected chi connectivity index (χ0v) is 12.7. The van der Waals surface area contributed by atoms with Crippen molar-refractivity contribution in [1.82, 2.24) is 15.0 Å². The molecule has 0 spiro atoms. The number of nitrogens with zero attached hydrogens (tertiary/aromatic N) is 3. The first-order chi connectivity index (χ1) is 10.3. The maximum atomic E-state index is 13.5. The van der Waals surface area contributed by atoms with Crippen LogP contribution in [0.1, 0.15) is 43.4 Å². The minimum atomic E-state index is -5.64. The molecule has 2 rings (SSSR count). The maximum absolute atomic E-state index is 13.5. The predicted octanol–water partition coefficient (Wildman–Crippen LogP) is 2.99. The van der Waals surface area contributed by atoms with Crippen LogP contribution in [0, 0.1) is 5.92 Å². The predicted molar refractivity (Wildman–Crippen MR) is 68.0 cm³/mol. The lowest BCUT2D eigenvalue weighted by Gasteiger charge is -2.31. The summed E-state index contributed by atoms with van der Waals surface area (Å²) in [4.78, 5) is 12.0. The van der Waals surface area contributed by atoms with E-state index in [0.29, 0.717) is 0 Å². The Hall–Kier alpha value is -1.74. The van der Waals surface area contributed by atoms with Crippen molar-refractivity contribution in [1.29, 1.82) is 0 Å². The number of ether oxygens (including phenoxy) is 1. The fraction of sp³-hybridized carbons (Fsp3) is 0.769. The Morgan fingerprint density at radius 2 is 1.83 bits per heavy atom. The Kier molecular flexibility index (Phi) is 4.15. The number of carbonyl (C=O) groups is 1. The van der Waals surface area contributed by atoms with Gasteiger partial charge >= 0.3 is 18.1 Å². The number of rotatable bonds is 2. The van der Waals surface area contributed by atoms with Crippen LogP contribution in [0.5, 0.6) is 0 Å². The number of halogens is 5. The van der Waals surface area contributed by atoms with Gasteiger partial charge in [0.1, 0.15) is 5.60 Å². The Morgan fingerprint density at radius 3 is 2.35 bits per heavy atom. The van der Waals surface area contributed by atoms with Crippen LogP contribution in [0.2, 0.25) is 0 Å². The average Bonchev–Trinajstić information content (AvgIpc) is 2.77. The molecule has 1 aliphatic rings. The van der Waals surface area contributed by atoms with Crippen LogP contribution in [-0.2, 0) is 17.7 Å². The van der Waals surface area contributed by atoms with E-state index in [0.717, 1.165) is 0 Å². The first kappa shape index (κ1) is 17.6. The first-order valence-corrected chi connectivity index (χ1v) is 6.93. The van der Waals surface area contributed by atoms with Gasteiger partial charge in [-0.05, 0) is 27.2 Å². The molecule has 130 valence electrons. The van der Waals surface area contributed by atoms with Crippen molar-refractivity contribution in [2.45, 2.75) is 57.9 Å². The average molecular weight is 341 g/mol. The van der Waals surface area contributed by atoms with Gasteiger partial charge in [0.25, 0.3) is 0 Å². The molecule has 0 aromatic carbocycles. The van der Waals surface area contributed by atoms with Crippen LogP contribution in [0.4, 0.5) is 22.0 Å². The van der Waals surface area contributed by atoms with E-state index in [9.17, 15) is 26.7 Å². The monoisotopic (exact) mass is 341 g/mol. The highest BCUT2D eigenvalue weighted by Gasteiger charge is 2.62. The van der Waals surface area contributed by atoms with E-state index in [1.807, 2.05) is 0 Å². The van der Waals surface area contributed by atoms with Gasteiger partial charge in [0.05, 0.1) is 5.69 Å². The minimum absolute atomic E-state index is 0.0561. The van der Waals surface area contributed by atoms with Crippen molar-refractivity contribution < 1.29 is 31.5 Å². The highest BCUT2D eigenvalue weighted by Crippen LogP contribution is 2.45. The lowest BCUT2D eigenvalue weighted by Crippen LogP contribution is -2.46. The molecule has 10 heteroatoms. The number of alkyl halides is 5. The van der Waals surface area contributed by atoms with Crippen LogP contribution in [-0.4, -0.2) is 38.7 Å². The number of hydrogen-bond acceptors (Lipinski definition) is 4. The van der Waals surface area contributed by atoms with E-state index in [1.54, 1.807) is 20.8 Å². The molecular weight excluding hydrogens is 325 g/mol. The number of aromatic nitrogens is 3. The summed E-state index contributed by atoms with van der Waals surface area (Å²) in [5.74, 6) is -7.70. The second-order valence-electron chi connectivity index (χ2n) is 6.42. The number of carbonyl (C=O) groups excluding carboxylic acids is 1. The van der Waals surface area contributed by atoms with Crippen molar-refractivity contribution in [3.8, 4) is 0 Å². The first-order valence-electron chi connectivity index (χ1n) is 6.93. The lowest BCUT2D eigenvalue weighted by atomic mass is 9.88. The summed E-state index contributed by atoms with van der Waals surface area (Å²) in [6, 6.07) is 0. The highest BCUT2D eigenvalue weighted by molar-refractivity contribution is 5.88. The summed E-state index contributed by atoms with van der Waals surface area (Å²) in [5.41, 5.74) is -1.22. The Labute approximate surface area is 128 Å². The van der Waals surface area contributed by atoms with Gasteiger partial charge in [0.15, 0.2) is 5.69 Å². The van der Waals surface area contributed by atoms with Gasteiger partial charge in [-0.3, -0.25) is 0 Å². The van der Waals surface area contributed by atoms with Gasteiger partial charge in [-0.1, -0.05) is 5.21 Å². The molecule has 1 aromatic heterocycles. The molecule has 0 bridgehead atoms. The zero-order valence-electron chi connectivity index (χ0n) is 12.7. The molecule has 1 aliphatic heterocycles. The Morgan fingerprint density at radius 1 is 1.22 bits per heavy atom. The van der Waals surface area contributed by atoms with Crippen LogP contribution >= 0.6 is 0 Å². The zero-order chi connectivity index (χ0) is 17.6. The largest absolute Gasteiger partial charge is 0.455 e. The van der Waals surface area contributed by atoms with Crippen LogP contribution in [0.25, 0.3) is 0 Å². The van der Waals surface area contributed by atoms with Crippen LogP contribution in [0.3, 0.4) is 0 Å². The Bertz CT molecular complexity index is 604. The van der Waals surface area contributed by atoms with Gasteiger partial charge in [-0.2, -0.15) is 22.0 Å². The molecule has 5 nitrogen and oxygen atoms in total. The van der Waals surface area contributed by atoms with Crippen molar-refractivity contribution in [2.75, 3.05) is 0 Å². The summed E-state index contributed by atoms with van der Waals surface area (Å²) >= 11 is 0. The van der Waals surface area contributed by atoms with Gasteiger partial charge in [-0.15, -0.1) is 5.10 Å². The minimum Gasteiger partial charge on any atom is -0.455 e. The molecule has 0 N–H and O–H groups in total. The molecular formula is C13H16F5N3O2. The molecule has 0 radical (unpaired) electrons. The second-order valence-corrected chi connectivity index (χ2v) is 6.42. The molecule has 1 atom stereocenters. The normalized spacial score (nSPS) is 19.4. The molecule has 1 aromatic rings. The quantitative estimate of drug-likeness (QED) is 0.613. The van der Waals surface area contributed by atoms with Crippen molar-refractivity contribution in [2.24, 2.45) is 5.92 Å². The van der Waals surface area contributed by atoms with E-state index < -0.39 is 42.4 Å². The SMILES string of the molecule is CC(C)(C)OC(=O)c1nnn2c1CC(C(F)(F)C(F)(F)F)CC2. The number of fused-ring (bicyclic) bond motifs is 1. The van der Waals surface area contributed by atoms with Gasteiger partial charge in [0.2, 0.25) is 0 Å². The highest BCUT2D eigenvalue weighted by atomic mass is 19.4. The number of esters is 1. The summed E-state index contributed by atoms with van der Waals surface area (Å²) in [6.45, 7) is 4.63.